The molecule has 0 unspecified atom stereocenters. The van der Waals surface area contributed by atoms with Crippen LogP contribution in [0.2, 0.25) is 0 Å². The van der Waals surface area contributed by atoms with E-state index in [2.05, 4.69) is 21.4 Å². The van der Waals surface area contributed by atoms with Gasteiger partial charge in [-0.25, -0.2) is 0 Å². The summed E-state index contributed by atoms with van der Waals surface area (Å²) in [5, 5.41) is 21.7. The Morgan fingerprint density at radius 1 is 1.23 bits per heavy atom. The molecule has 0 saturated carbocycles. The standard InChI is InChI=1S/C19H13N5OS/c20-8-12-11-6-7-14-15(18(11)26-19(12)21)16(24-23-14)13-9-22-25-17(13)10-4-2-1-3-5-10/h1-5,9H,6-7,21H2,(H,23,24). The molecule has 0 saturated heterocycles. The molecule has 5 rings (SSSR count). The Morgan fingerprint density at radius 3 is 2.88 bits per heavy atom. The highest BCUT2D eigenvalue weighted by Gasteiger charge is 2.30. The molecule has 1 aliphatic rings. The molecule has 0 aliphatic heterocycles. The van der Waals surface area contributed by atoms with E-state index in [1.807, 2.05) is 30.3 Å². The van der Waals surface area contributed by atoms with Crippen LogP contribution in [-0.2, 0) is 12.8 Å². The molecule has 3 aromatic heterocycles. The van der Waals surface area contributed by atoms with E-state index in [9.17, 15) is 5.26 Å². The lowest BCUT2D eigenvalue weighted by molar-refractivity contribution is 0.432. The molecular formula is C19H13N5OS. The molecule has 126 valence electrons. The first kappa shape index (κ1) is 14.9. The van der Waals surface area contributed by atoms with Gasteiger partial charge in [0.25, 0.3) is 0 Å². The molecule has 1 aromatic carbocycles. The molecule has 0 radical (unpaired) electrons. The van der Waals surface area contributed by atoms with E-state index in [0.717, 1.165) is 51.4 Å². The van der Waals surface area contributed by atoms with Gasteiger partial charge in [-0.3, -0.25) is 5.10 Å². The van der Waals surface area contributed by atoms with Crippen LogP contribution >= 0.6 is 11.3 Å². The maximum Gasteiger partial charge on any atom is 0.176 e. The van der Waals surface area contributed by atoms with Gasteiger partial charge < -0.3 is 10.3 Å². The Balaban J connectivity index is 1.73. The lowest BCUT2D eigenvalue weighted by Crippen LogP contribution is -2.02. The largest absolute Gasteiger partial charge is 0.389 e. The van der Waals surface area contributed by atoms with Gasteiger partial charge in [-0.2, -0.15) is 10.4 Å². The third-order valence-electron chi connectivity index (χ3n) is 4.70. The lowest BCUT2D eigenvalue weighted by Gasteiger charge is -2.12. The Morgan fingerprint density at radius 2 is 2.08 bits per heavy atom. The number of nitrogens with one attached hydrogen (secondary N) is 1. The fourth-order valence-corrected chi connectivity index (χ4v) is 4.64. The monoisotopic (exact) mass is 359 g/mol. The van der Waals surface area contributed by atoms with Gasteiger partial charge in [-0.1, -0.05) is 35.5 Å². The predicted molar refractivity (Wildman–Crippen MR) is 99.4 cm³/mol. The molecule has 0 atom stereocenters. The van der Waals surface area contributed by atoms with Crippen LogP contribution in [0, 0.1) is 11.3 Å². The van der Waals surface area contributed by atoms with Gasteiger partial charge in [0.2, 0.25) is 0 Å². The SMILES string of the molecule is N#Cc1c(N)sc2c1CCc1[nH]nc(-c3cnoc3-c3ccccc3)c1-2. The van der Waals surface area contributed by atoms with Gasteiger partial charge >= 0.3 is 0 Å². The summed E-state index contributed by atoms with van der Waals surface area (Å²) in [7, 11) is 0. The van der Waals surface area contributed by atoms with Gasteiger partial charge in [0.05, 0.1) is 17.3 Å². The average molecular weight is 359 g/mol. The van der Waals surface area contributed by atoms with Crippen LogP contribution in [0.5, 0.6) is 0 Å². The van der Waals surface area contributed by atoms with Crippen LogP contribution in [0.1, 0.15) is 16.8 Å². The van der Waals surface area contributed by atoms with Crippen molar-refractivity contribution in [3.63, 3.8) is 0 Å². The van der Waals surface area contributed by atoms with Crippen molar-refractivity contribution in [2.45, 2.75) is 12.8 Å². The number of hydrogen-bond donors (Lipinski definition) is 2. The number of H-pyrrole nitrogens is 1. The van der Waals surface area contributed by atoms with E-state index < -0.39 is 0 Å². The van der Waals surface area contributed by atoms with Crippen LogP contribution in [0.3, 0.4) is 0 Å². The lowest BCUT2D eigenvalue weighted by atomic mass is 9.91. The zero-order chi connectivity index (χ0) is 17.7. The molecule has 7 heteroatoms. The second-order valence-electron chi connectivity index (χ2n) is 6.12. The highest BCUT2D eigenvalue weighted by atomic mass is 32.1. The summed E-state index contributed by atoms with van der Waals surface area (Å²) in [5.41, 5.74) is 12.3. The normalized spacial score (nSPS) is 12.4. The summed E-state index contributed by atoms with van der Waals surface area (Å²) in [4.78, 5) is 1.02. The molecule has 0 bridgehead atoms. The third kappa shape index (κ3) is 2.03. The molecule has 3 N–H and O–H groups in total. The van der Waals surface area contributed by atoms with Crippen molar-refractivity contribution in [2.24, 2.45) is 0 Å². The van der Waals surface area contributed by atoms with Gasteiger partial charge in [-0.05, 0) is 18.4 Å². The van der Waals surface area contributed by atoms with Crippen molar-refractivity contribution in [2.75, 3.05) is 5.73 Å². The number of thiophene rings is 1. The smallest absolute Gasteiger partial charge is 0.176 e. The number of aromatic amines is 1. The maximum absolute atomic E-state index is 9.44. The maximum atomic E-state index is 9.44. The van der Waals surface area contributed by atoms with Crippen LogP contribution in [-0.4, -0.2) is 15.4 Å². The van der Waals surface area contributed by atoms with E-state index in [1.54, 1.807) is 6.20 Å². The predicted octanol–water partition coefficient (Wildman–Crippen LogP) is 4.01. The number of nitrogens with zero attached hydrogens (tertiary/aromatic N) is 3. The minimum absolute atomic E-state index is 0.561. The molecule has 0 fully saturated rings. The number of anilines is 1. The minimum atomic E-state index is 0.561. The minimum Gasteiger partial charge on any atom is -0.389 e. The number of nitrogens with two attached hydrogens (primary N) is 1. The quantitative estimate of drug-likeness (QED) is 0.562. The fraction of sp³-hybridized carbons (Fsp3) is 0.105. The summed E-state index contributed by atoms with van der Waals surface area (Å²) < 4.78 is 5.53. The molecule has 6 nitrogen and oxygen atoms in total. The second kappa shape index (κ2) is 5.58. The molecule has 1 aliphatic carbocycles. The van der Waals surface area contributed by atoms with E-state index in [4.69, 9.17) is 10.3 Å². The molecule has 0 spiro atoms. The van der Waals surface area contributed by atoms with Crippen LogP contribution < -0.4 is 5.73 Å². The Bertz CT molecular complexity index is 1160. The number of rotatable bonds is 2. The molecular weight excluding hydrogens is 346 g/mol. The molecule has 3 heterocycles. The molecule has 26 heavy (non-hydrogen) atoms. The molecule has 4 aromatic rings. The first-order valence-electron chi connectivity index (χ1n) is 8.17. The van der Waals surface area contributed by atoms with Gasteiger partial charge in [0.15, 0.2) is 5.76 Å². The molecule has 0 amide bonds. The Kier molecular flexibility index (Phi) is 3.20. The zero-order valence-electron chi connectivity index (χ0n) is 13.6. The van der Waals surface area contributed by atoms with E-state index in [0.29, 0.717) is 16.3 Å². The summed E-state index contributed by atoms with van der Waals surface area (Å²) >= 11 is 1.45. The van der Waals surface area contributed by atoms with Crippen molar-refractivity contribution < 1.29 is 4.52 Å². The summed E-state index contributed by atoms with van der Waals surface area (Å²) in [5.74, 6) is 0.678. The highest BCUT2D eigenvalue weighted by molar-refractivity contribution is 7.19. The summed E-state index contributed by atoms with van der Waals surface area (Å²) in [6.07, 6.45) is 3.27. The number of nitrogen functional groups attached to an aromatic ring is 1. The van der Waals surface area contributed by atoms with Gasteiger partial charge in [-0.15, -0.1) is 11.3 Å². The van der Waals surface area contributed by atoms with Gasteiger partial charge in [0, 0.05) is 21.7 Å². The Labute approximate surface area is 152 Å². The summed E-state index contributed by atoms with van der Waals surface area (Å²) in [6, 6.07) is 12.1. The first-order valence-corrected chi connectivity index (χ1v) is 8.99. The van der Waals surface area contributed by atoms with Crippen LogP contribution in [0.4, 0.5) is 5.00 Å². The van der Waals surface area contributed by atoms with E-state index >= 15 is 0 Å². The number of hydrogen-bond acceptors (Lipinski definition) is 6. The number of fused-ring (bicyclic) bond motifs is 3. The number of aryl methyl sites for hydroxylation is 1. The number of nitriles is 1. The number of benzene rings is 1. The first-order chi connectivity index (χ1) is 12.8. The third-order valence-corrected chi connectivity index (χ3v) is 5.78. The van der Waals surface area contributed by atoms with Crippen molar-refractivity contribution in [3.8, 4) is 39.1 Å². The van der Waals surface area contributed by atoms with Crippen LogP contribution in [0.25, 0.3) is 33.0 Å². The second-order valence-corrected chi connectivity index (χ2v) is 7.17. The average Bonchev–Trinajstić information content (AvgIpc) is 3.37. The van der Waals surface area contributed by atoms with Crippen molar-refractivity contribution in [3.05, 3.63) is 53.3 Å². The highest BCUT2D eigenvalue weighted by Crippen LogP contribution is 2.47. The van der Waals surface area contributed by atoms with Crippen molar-refractivity contribution in [1.82, 2.24) is 15.4 Å². The van der Waals surface area contributed by atoms with E-state index in [1.165, 1.54) is 11.3 Å². The fourth-order valence-electron chi connectivity index (χ4n) is 3.50. The summed E-state index contributed by atoms with van der Waals surface area (Å²) in [6.45, 7) is 0. The van der Waals surface area contributed by atoms with Gasteiger partial charge in [0.1, 0.15) is 16.8 Å². The zero-order valence-corrected chi connectivity index (χ0v) is 14.4. The topological polar surface area (TPSA) is 105 Å². The van der Waals surface area contributed by atoms with Crippen molar-refractivity contribution >= 4 is 16.3 Å². The van der Waals surface area contributed by atoms with Crippen molar-refractivity contribution in [1.29, 1.82) is 5.26 Å². The Hall–Kier alpha value is -3.37. The number of aromatic nitrogens is 3. The van der Waals surface area contributed by atoms with Crippen LogP contribution in [0.15, 0.2) is 41.1 Å². The van der Waals surface area contributed by atoms with E-state index in [-0.39, 0.29) is 0 Å².